The number of hydrazone groups is 1. The van der Waals surface area contributed by atoms with E-state index in [1.54, 1.807) is 54.6 Å². The zero-order chi connectivity index (χ0) is 21.1. The third kappa shape index (κ3) is 3.77. The van der Waals surface area contributed by atoms with E-state index in [4.69, 9.17) is 9.47 Å². The highest BCUT2D eigenvalue weighted by Crippen LogP contribution is 2.29. The van der Waals surface area contributed by atoms with Gasteiger partial charge in [0.05, 0.1) is 24.5 Å². The molecule has 150 valence electrons. The predicted octanol–water partition coefficient (Wildman–Crippen LogP) is 4.04. The second kappa shape index (κ2) is 8.16. The molecular formula is C23H17FN2O4. The summed E-state index contributed by atoms with van der Waals surface area (Å²) in [5.74, 6) is -0.266. The normalized spacial score (nSPS) is 13.1. The fourth-order valence-electron chi connectivity index (χ4n) is 3.03. The molecule has 0 spiro atoms. The second-order valence-electron chi connectivity index (χ2n) is 6.54. The molecule has 4 rings (SSSR count). The highest BCUT2D eigenvalue weighted by molar-refractivity contribution is 6.21. The van der Waals surface area contributed by atoms with Crippen LogP contribution in [0.15, 0.2) is 71.8 Å². The average molecular weight is 404 g/mol. The van der Waals surface area contributed by atoms with Crippen molar-refractivity contribution in [2.75, 3.05) is 7.11 Å². The SMILES string of the molecule is COc1cc(/C=N/N2C(=O)c3ccccc3C2=O)ccc1OCc1ccc(F)cc1. The van der Waals surface area contributed by atoms with E-state index in [9.17, 15) is 14.0 Å². The lowest BCUT2D eigenvalue weighted by molar-refractivity contribution is 0.0660. The molecule has 1 aliphatic rings. The van der Waals surface area contributed by atoms with Gasteiger partial charge in [-0.3, -0.25) is 9.59 Å². The molecule has 7 heteroatoms. The quantitative estimate of drug-likeness (QED) is 0.459. The van der Waals surface area contributed by atoms with Crippen molar-refractivity contribution in [2.45, 2.75) is 6.61 Å². The molecule has 0 bridgehead atoms. The first kappa shape index (κ1) is 19.3. The Kier molecular flexibility index (Phi) is 5.26. The van der Waals surface area contributed by atoms with Gasteiger partial charge in [-0.15, -0.1) is 0 Å². The molecule has 0 saturated heterocycles. The van der Waals surface area contributed by atoms with E-state index < -0.39 is 11.8 Å². The number of ether oxygens (including phenoxy) is 2. The van der Waals surface area contributed by atoms with Gasteiger partial charge in [-0.25, -0.2) is 4.39 Å². The minimum atomic E-state index is -0.460. The average Bonchev–Trinajstić information content (AvgIpc) is 3.02. The Bertz CT molecular complexity index is 1110. The van der Waals surface area contributed by atoms with Crippen molar-refractivity contribution in [3.8, 4) is 11.5 Å². The summed E-state index contributed by atoms with van der Waals surface area (Å²) in [5, 5.41) is 4.90. The van der Waals surface area contributed by atoms with Gasteiger partial charge in [-0.2, -0.15) is 10.1 Å². The summed E-state index contributed by atoms with van der Waals surface area (Å²) >= 11 is 0. The number of rotatable bonds is 6. The van der Waals surface area contributed by atoms with E-state index in [-0.39, 0.29) is 12.4 Å². The van der Waals surface area contributed by atoms with Crippen LogP contribution < -0.4 is 9.47 Å². The minimum Gasteiger partial charge on any atom is -0.493 e. The number of halogens is 1. The molecule has 0 N–H and O–H groups in total. The number of hydrogen-bond donors (Lipinski definition) is 0. The van der Waals surface area contributed by atoms with Crippen molar-refractivity contribution in [3.63, 3.8) is 0 Å². The molecule has 0 unspecified atom stereocenters. The Morgan fingerprint density at radius 2 is 1.60 bits per heavy atom. The molecule has 6 nitrogen and oxygen atoms in total. The van der Waals surface area contributed by atoms with E-state index in [1.807, 2.05) is 0 Å². The summed E-state index contributed by atoms with van der Waals surface area (Å²) in [5.41, 5.74) is 2.11. The summed E-state index contributed by atoms with van der Waals surface area (Å²) < 4.78 is 24.1. The zero-order valence-corrected chi connectivity index (χ0v) is 16.0. The first-order valence-corrected chi connectivity index (χ1v) is 9.14. The number of amides is 2. The monoisotopic (exact) mass is 404 g/mol. The third-order valence-corrected chi connectivity index (χ3v) is 4.59. The van der Waals surface area contributed by atoms with Crippen molar-refractivity contribution < 1.29 is 23.5 Å². The number of nitrogens with zero attached hydrogens (tertiary/aromatic N) is 2. The number of carbonyl (C=O) groups excluding carboxylic acids is 2. The Morgan fingerprint density at radius 3 is 2.23 bits per heavy atom. The number of hydrogen-bond acceptors (Lipinski definition) is 5. The molecule has 3 aromatic rings. The third-order valence-electron chi connectivity index (χ3n) is 4.59. The van der Waals surface area contributed by atoms with Crippen LogP contribution in [-0.2, 0) is 6.61 Å². The van der Waals surface area contributed by atoms with Crippen LogP contribution in [0.25, 0.3) is 0 Å². The highest BCUT2D eigenvalue weighted by atomic mass is 19.1. The van der Waals surface area contributed by atoms with Gasteiger partial charge in [0, 0.05) is 0 Å². The van der Waals surface area contributed by atoms with Gasteiger partial charge in [0.1, 0.15) is 12.4 Å². The maximum atomic E-state index is 13.0. The Labute approximate surface area is 172 Å². The maximum Gasteiger partial charge on any atom is 0.282 e. The fraction of sp³-hybridized carbons (Fsp3) is 0.0870. The van der Waals surface area contributed by atoms with Gasteiger partial charge in [0.2, 0.25) is 0 Å². The van der Waals surface area contributed by atoms with E-state index in [0.29, 0.717) is 28.2 Å². The highest BCUT2D eigenvalue weighted by Gasteiger charge is 2.35. The van der Waals surface area contributed by atoms with E-state index in [0.717, 1.165) is 10.6 Å². The van der Waals surface area contributed by atoms with Gasteiger partial charge < -0.3 is 9.47 Å². The number of fused-ring (bicyclic) bond motifs is 1. The number of imide groups is 1. The molecule has 1 heterocycles. The van der Waals surface area contributed by atoms with Crippen molar-refractivity contribution in [3.05, 3.63) is 94.8 Å². The van der Waals surface area contributed by atoms with Gasteiger partial charge in [-0.05, 0) is 53.6 Å². The Balaban J connectivity index is 1.48. The molecule has 0 saturated carbocycles. The topological polar surface area (TPSA) is 68.2 Å². The summed E-state index contributed by atoms with van der Waals surface area (Å²) in [6.45, 7) is 0.249. The molecule has 30 heavy (non-hydrogen) atoms. The van der Waals surface area contributed by atoms with Crippen LogP contribution in [0.5, 0.6) is 11.5 Å². The molecule has 2 amide bonds. The van der Waals surface area contributed by atoms with E-state index in [2.05, 4.69) is 5.10 Å². The molecule has 0 atom stereocenters. The van der Waals surface area contributed by atoms with Crippen LogP contribution in [0.4, 0.5) is 4.39 Å². The lowest BCUT2D eigenvalue weighted by Crippen LogP contribution is -2.23. The zero-order valence-electron chi connectivity index (χ0n) is 16.0. The minimum absolute atomic E-state index is 0.249. The molecule has 1 aliphatic heterocycles. The lowest BCUT2D eigenvalue weighted by atomic mass is 10.1. The number of benzene rings is 3. The van der Waals surface area contributed by atoms with Crippen LogP contribution in [0.3, 0.4) is 0 Å². The Morgan fingerprint density at radius 1 is 0.933 bits per heavy atom. The second-order valence-corrected chi connectivity index (χ2v) is 6.54. The van der Waals surface area contributed by atoms with E-state index >= 15 is 0 Å². The molecule has 0 fully saturated rings. The van der Waals surface area contributed by atoms with Crippen LogP contribution in [-0.4, -0.2) is 30.1 Å². The van der Waals surface area contributed by atoms with Crippen LogP contribution >= 0.6 is 0 Å². The Hall–Kier alpha value is -4.00. The number of carbonyl (C=O) groups is 2. The summed E-state index contributed by atoms with van der Waals surface area (Å²) in [4.78, 5) is 24.7. The van der Waals surface area contributed by atoms with Gasteiger partial charge >= 0.3 is 0 Å². The van der Waals surface area contributed by atoms with Gasteiger partial charge in [0.15, 0.2) is 11.5 Å². The van der Waals surface area contributed by atoms with Crippen LogP contribution in [0.2, 0.25) is 0 Å². The number of methoxy groups -OCH3 is 1. The predicted molar refractivity (Wildman–Crippen MR) is 108 cm³/mol. The maximum absolute atomic E-state index is 13.0. The largest absolute Gasteiger partial charge is 0.493 e. The summed E-state index contributed by atoms with van der Waals surface area (Å²) in [6.07, 6.45) is 1.41. The first-order valence-electron chi connectivity index (χ1n) is 9.14. The molecule has 0 aromatic heterocycles. The summed E-state index contributed by atoms with van der Waals surface area (Å²) in [7, 11) is 1.51. The molecule has 0 aliphatic carbocycles. The van der Waals surface area contributed by atoms with E-state index in [1.165, 1.54) is 25.5 Å². The molecule has 0 radical (unpaired) electrons. The molecular weight excluding hydrogens is 387 g/mol. The molecule has 3 aromatic carbocycles. The lowest BCUT2D eigenvalue weighted by Gasteiger charge is -2.11. The summed E-state index contributed by atoms with van der Waals surface area (Å²) in [6, 6.07) is 17.7. The van der Waals surface area contributed by atoms with Crippen LogP contribution in [0, 0.1) is 5.82 Å². The van der Waals surface area contributed by atoms with Crippen molar-refractivity contribution in [1.82, 2.24) is 5.01 Å². The van der Waals surface area contributed by atoms with Crippen molar-refractivity contribution in [1.29, 1.82) is 0 Å². The van der Waals surface area contributed by atoms with Crippen LogP contribution in [0.1, 0.15) is 31.8 Å². The standard InChI is InChI=1S/C23H17FN2O4/c1-29-21-12-16(8-11-20(21)30-14-15-6-9-17(24)10-7-15)13-25-26-22(27)18-4-2-3-5-19(18)23(26)28/h2-13H,14H2,1H3/b25-13+. The first-order chi connectivity index (χ1) is 14.6. The fourth-order valence-corrected chi connectivity index (χ4v) is 3.03. The van der Waals surface area contributed by atoms with Crippen molar-refractivity contribution in [2.24, 2.45) is 5.10 Å². The van der Waals surface area contributed by atoms with Gasteiger partial charge in [0.25, 0.3) is 11.8 Å². The van der Waals surface area contributed by atoms with Crippen molar-refractivity contribution >= 4 is 18.0 Å². The smallest absolute Gasteiger partial charge is 0.282 e. The van der Waals surface area contributed by atoms with Gasteiger partial charge in [-0.1, -0.05) is 24.3 Å².